The summed E-state index contributed by atoms with van der Waals surface area (Å²) in [4.78, 5) is 28.9. The van der Waals surface area contributed by atoms with E-state index in [-0.39, 0.29) is 16.6 Å². The highest BCUT2D eigenvalue weighted by Crippen LogP contribution is 2.40. The molecule has 0 radical (unpaired) electrons. The number of ether oxygens (including phenoxy) is 2. The first kappa shape index (κ1) is 23.7. The van der Waals surface area contributed by atoms with Gasteiger partial charge < -0.3 is 9.47 Å². The van der Waals surface area contributed by atoms with Crippen LogP contribution in [0.15, 0.2) is 34.3 Å². The standard InChI is InChI=1S/C20H28N2O7S/c1-12(2)15-16(18(23)28-20(4,5)6)22(17(15)21-29-19(24)27-7)30(25,26)14-10-8-13(3)9-11-14/h8-12,15-16H,1-7H3/b21-17-/t15-,16+/m0/s1. The number of sulfonamides is 1. The van der Waals surface area contributed by atoms with Gasteiger partial charge >= 0.3 is 12.1 Å². The Morgan fingerprint density at radius 1 is 1.13 bits per heavy atom. The average Bonchev–Trinajstić information content (AvgIpc) is 2.58. The van der Waals surface area contributed by atoms with Gasteiger partial charge in [-0.05, 0) is 45.7 Å². The molecule has 30 heavy (non-hydrogen) atoms. The van der Waals surface area contributed by atoms with Crippen LogP contribution in [-0.4, -0.2) is 49.4 Å². The van der Waals surface area contributed by atoms with Crippen molar-refractivity contribution < 1.29 is 32.3 Å². The van der Waals surface area contributed by atoms with Gasteiger partial charge in [-0.15, -0.1) is 0 Å². The van der Waals surface area contributed by atoms with E-state index in [1.54, 1.807) is 32.9 Å². The molecule has 1 aliphatic rings. The Kier molecular flexibility index (Phi) is 6.80. The van der Waals surface area contributed by atoms with Crippen molar-refractivity contribution in [1.82, 2.24) is 4.31 Å². The number of hydrogen-bond donors (Lipinski definition) is 0. The molecule has 1 fully saturated rings. The van der Waals surface area contributed by atoms with Gasteiger partial charge in [-0.25, -0.2) is 22.3 Å². The first-order valence-electron chi connectivity index (χ1n) is 9.46. The van der Waals surface area contributed by atoms with Gasteiger partial charge in [0.15, 0.2) is 11.9 Å². The number of esters is 1. The number of benzene rings is 1. The number of nitrogens with zero attached hydrogens (tertiary/aromatic N) is 2. The SMILES string of the molecule is COC(=O)O/N=C1/[C@@H](C(C)C)[C@H](C(=O)OC(C)(C)C)N1S(=O)(=O)c1ccc(C)cc1. The molecule has 1 aromatic carbocycles. The summed E-state index contributed by atoms with van der Waals surface area (Å²) >= 11 is 0. The van der Waals surface area contributed by atoms with Crippen molar-refractivity contribution >= 4 is 28.0 Å². The van der Waals surface area contributed by atoms with Crippen LogP contribution in [0.2, 0.25) is 0 Å². The molecule has 1 heterocycles. The summed E-state index contributed by atoms with van der Waals surface area (Å²) in [6.45, 7) is 10.5. The van der Waals surface area contributed by atoms with Crippen LogP contribution in [0.1, 0.15) is 40.2 Å². The summed E-state index contributed by atoms with van der Waals surface area (Å²) in [7, 11) is -3.06. The maximum absolute atomic E-state index is 13.4. The van der Waals surface area contributed by atoms with Crippen molar-refractivity contribution in [2.45, 2.75) is 58.1 Å². The lowest BCUT2D eigenvalue weighted by molar-refractivity contribution is -0.162. The first-order chi connectivity index (χ1) is 13.8. The number of carbonyl (C=O) groups is 2. The Bertz CT molecular complexity index is 931. The second-order valence-corrected chi connectivity index (χ2v) is 10.2. The maximum atomic E-state index is 13.4. The van der Waals surface area contributed by atoms with Crippen LogP contribution in [0.5, 0.6) is 0 Å². The topological polar surface area (TPSA) is 112 Å². The van der Waals surface area contributed by atoms with E-state index in [4.69, 9.17) is 4.74 Å². The second kappa shape index (κ2) is 8.63. The van der Waals surface area contributed by atoms with Crippen molar-refractivity contribution in [2.75, 3.05) is 7.11 Å². The highest BCUT2D eigenvalue weighted by Gasteiger charge is 2.58. The Labute approximate surface area is 177 Å². The smallest absolute Gasteiger partial charge is 0.458 e. The van der Waals surface area contributed by atoms with Crippen molar-refractivity contribution in [1.29, 1.82) is 0 Å². The Morgan fingerprint density at radius 3 is 2.17 bits per heavy atom. The lowest BCUT2D eigenvalue weighted by atomic mass is 9.80. The third-order valence-corrected chi connectivity index (χ3v) is 6.24. The van der Waals surface area contributed by atoms with E-state index >= 15 is 0 Å². The van der Waals surface area contributed by atoms with Crippen LogP contribution < -0.4 is 0 Å². The molecule has 0 aliphatic carbocycles. The molecule has 1 saturated heterocycles. The lowest BCUT2D eigenvalue weighted by Crippen LogP contribution is -2.68. The molecule has 9 nitrogen and oxygen atoms in total. The summed E-state index contributed by atoms with van der Waals surface area (Å²) in [5.74, 6) is -1.59. The van der Waals surface area contributed by atoms with Crippen LogP contribution in [0.4, 0.5) is 4.79 Å². The molecule has 0 spiro atoms. The van der Waals surface area contributed by atoms with Crippen LogP contribution >= 0.6 is 0 Å². The molecular weight excluding hydrogens is 412 g/mol. The molecule has 166 valence electrons. The number of carbonyl (C=O) groups excluding carboxylic acids is 2. The summed E-state index contributed by atoms with van der Waals surface area (Å²) in [6.07, 6.45) is -1.10. The molecule has 0 bridgehead atoms. The van der Waals surface area contributed by atoms with E-state index in [2.05, 4.69) is 14.7 Å². The summed E-state index contributed by atoms with van der Waals surface area (Å²) in [5.41, 5.74) is 0.0667. The van der Waals surface area contributed by atoms with Crippen LogP contribution in [0.25, 0.3) is 0 Å². The molecule has 1 aliphatic heterocycles. The van der Waals surface area contributed by atoms with Gasteiger partial charge in [-0.2, -0.15) is 0 Å². The van der Waals surface area contributed by atoms with Gasteiger partial charge in [0, 0.05) is 0 Å². The summed E-state index contributed by atoms with van der Waals surface area (Å²) < 4.78 is 37.5. The largest absolute Gasteiger partial charge is 0.534 e. The van der Waals surface area contributed by atoms with E-state index in [1.807, 2.05) is 20.8 Å². The molecule has 2 atom stereocenters. The fourth-order valence-electron chi connectivity index (χ4n) is 3.08. The third kappa shape index (κ3) is 4.92. The van der Waals surface area contributed by atoms with E-state index in [1.165, 1.54) is 12.1 Å². The zero-order valence-corrected chi connectivity index (χ0v) is 19.0. The number of hydrogen-bond acceptors (Lipinski definition) is 8. The average molecular weight is 441 g/mol. The van der Waals surface area contributed by atoms with Crippen molar-refractivity contribution in [3.63, 3.8) is 0 Å². The molecule has 10 heteroatoms. The molecule has 0 N–H and O–H groups in total. The normalized spacial score (nSPS) is 20.7. The predicted octanol–water partition coefficient (Wildman–Crippen LogP) is 3.08. The van der Waals surface area contributed by atoms with Crippen LogP contribution in [0.3, 0.4) is 0 Å². The third-order valence-electron chi connectivity index (χ3n) is 4.44. The minimum Gasteiger partial charge on any atom is -0.458 e. The van der Waals surface area contributed by atoms with E-state index in [9.17, 15) is 18.0 Å². The fourth-order valence-corrected chi connectivity index (χ4v) is 4.71. The Hall–Kier alpha value is -2.62. The quantitative estimate of drug-likeness (QED) is 0.393. The predicted molar refractivity (Wildman–Crippen MR) is 109 cm³/mol. The zero-order valence-electron chi connectivity index (χ0n) is 18.2. The van der Waals surface area contributed by atoms with Crippen LogP contribution in [-0.2, 0) is 29.1 Å². The fraction of sp³-hybridized carbons (Fsp3) is 0.550. The van der Waals surface area contributed by atoms with Gasteiger partial charge in [0.1, 0.15) is 5.60 Å². The van der Waals surface area contributed by atoms with Gasteiger partial charge in [-0.3, -0.25) is 4.84 Å². The molecular formula is C20H28N2O7S. The lowest BCUT2D eigenvalue weighted by Gasteiger charge is -2.48. The molecule has 2 rings (SSSR count). The Morgan fingerprint density at radius 2 is 1.70 bits per heavy atom. The van der Waals surface area contributed by atoms with Gasteiger partial charge in [0.25, 0.3) is 10.0 Å². The van der Waals surface area contributed by atoms with Crippen LogP contribution in [0, 0.1) is 18.8 Å². The molecule has 0 saturated carbocycles. The monoisotopic (exact) mass is 440 g/mol. The van der Waals surface area contributed by atoms with E-state index in [0.717, 1.165) is 17.0 Å². The molecule has 0 unspecified atom stereocenters. The first-order valence-corrected chi connectivity index (χ1v) is 10.9. The van der Waals surface area contributed by atoms with Gasteiger partial charge in [-0.1, -0.05) is 36.7 Å². The number of aryl methyl sites for hydroxylation is 1. The summed E-state index contributed by atoms with van der Waals surface area (Å²) in [5, 5.41) is 3.70. The number of oxime groups is 1. The number of amidine groups is 1. The van der Waals surface area contributed by atoms with E-state index < -0.39 is 39.7 Å². The van der Waals surface area contributed by atoms with Crippen molar-refractivity contribution in [3.05, 3.63) is 29.8 Å². The van der Waals surface area contributed by atoms with Gasteiger partial charge in [0.05, 0.1) is 17.9 Å². The maximum Gasteiger partial charge on any atom is 0.534 e. The number of methoxy groups -OCH3 is 1. The molecule has 0 amide bonds. The second-order valence-electron chi connectivity index (χ2n) is 8.36. The zero-order chi connectivity index (χ0) is 22.9. The van der Waals surface area contributed by atoms with Gasteiger partial charge in [0.2, 0.25) is 0 Å². The summed E-state index contributed by atoms with van der Waals surface area (Å²) in [6, 6.07) is 5.04. The number of rotatable bonds is 5. The highest BCUT2D eigenvalue weighted by molar-refractivity contribution is 7.89. The molecule has 0 aromatic heterocycles. The minimum absolute atomic E-state index is 0.0189. The highest BCUT2D eigenvalue weighted by atomic mass is 32.2. The van der Waals surface area contributed by atoms with Crippen molar-refractivity contribution in [2.24, 2.45) is 17.0 Å². The van der Waals surface area contributed by atoms with E-state index in [0.29, 0.717) is 0 Å². The Balaban J connectivity index is 2.55. The van der Waals surface area contributed by atoms with Crippen molar-refractivity contribution in [3.8, 4) is 0 Å². The molecule has 1 aromatic rings. The minimum atomic E-state index is -4.17.